The van der Waals surface area contributed by atoms with E-state index in [1.54, 1.807) is 0 Å². The minimum atomic E-state index is 0. The highest BCUT2D eigenvalue weighted by Crippen LogP contribution is 1.82. The van der Waals surface area contributed by atoms with E-state index in [2.05, 4.69) is 17.3 Å². The van der Waals surface area contributed by atoms with E-state index in [1.165, 1.54) is 13.1 Å². The fourth-order valence-corrected chi connectivity index (χ4v) is 0.777. The Kier molecular flexibility index (Phi) is 16.7. The van der Waals surface area contributed by atoms with Crippen LogP contribution >= 0.6 is 37.2 Å². The Hall–Kier alpha value is 0.790. The van der Waals surface area contributed by atoms with Crippen molar-refractivity contribution in [3.63, 3.8) is 0 Å². The van der Waals surface area contributed by atoms with Crippen molar-refractivity contribution in [2.24, 2.45) is 0 Å². The first kappa shape index (κ1) is 17.0. The van der Waals surface area contributed by atoms with E-state index < -0.39 is 0 Å². The number of rotatable bonds is 0. The molecule has 5 heteroatoms. The summed E-state index contributed by atoms with van der Waals surface area (Å²) in [6, 6.07) is 0. The van der Waals surface area contributed by atoms with Crippen LogP contribution in [0.4, 0.5) is 0 Å². The number of halogens is 3. The minimum Gasteiger partial charge on any atom is -0.314 e. The van der Waals surface area contributed by atoms with Gasteiger partial charge in [0.05, 0.1) is 0 Å². The van der Waals surface area contributed by atoms with E-state index in [4.69, 9.17) is 0 Å². The number of hydrogen-bond donors (Lipinski definition) is 1. The van der Waals surface area contributed by atoms with E-state index in [1.807, 2.05) is 0 Å². The molecule has 1 aliphatic rings. The Bertz CT molecular complexity index is 56.9. The van der Waals surface area contributed by atoms with Crippen molar-refractivity contribution in [2.45, 2.75) is 0 Å². The molecule has 1 N–H and O–H groups in total. The third kappa shape index (κ3) is 6.90. The Balaban J connectivity index is -0.000000163. The van der Waals surface area contributed by atoms with Gasteiger partial charge in [-0.05, 0) is 7.05 Å². The molecule has 0 bridgehead atoms. The molecule has 10 heavy (non-hydrogen) atoms. The zero-order chi connectivity index (χ0) is 5.11. The molecule has 0 unspecified atom stereocenters. The van der Waals surface area contributed by atoms with Gasteiger partial charge < -0.3 is 10.2 Å². The molecule has 1 heterocycles. The van der Waals surface area contributed by atoms with Crippen LogP contribution in [0.3, 0.4) is 0 Å². The van der Waals surface area contributed by atoms with Gasteiger partial charge in [-0.3, -0.25) is 0 Å². The highest BCUT2D eigenvalue weighted by atomic mass is 35.5. The summed E-state index contributed by atoms with van der Waals surface area (Å²) in [7, 11) is 2.15. The van der Waals surface area contributed by atoms with Crippen molar-refractivity contribution >= 4 is 37.2 Å². The lowest BCUT2D eigenvalue weighted by Gasteiger charge is -2.21. The van der Waals surface area contributed by atoms with Crippen LogP contribution in [0.1, 0.15) is 0 Å². The first-order valence-electron chi connectivity index (χ1n) is 2.79. The van der Waals surface area contributed by atoms with Crippen molar-refractivity contribution < 1.29 is 0 Å². The fourth-order valence-electron chi connectivity index (χ4n) is 0.777. The summed E-state index contributed by atoms with van der Waals surface area (Å²) < 4.78 is 0. The molecule has 2 nitrogen and oxygen atoms in total. The van der Waals surface area contributed by atoms with Crippen LogP contribution in [0.5, 0.6) is 0 Å². The van der Waals surface area contributed by atoms with Crippen molar-refractivity contribution in [3.8, 4) is 0 Å². The molecule has 1 aliphatic heterocycles. The van der Waals surface area contributed by atoms with Gasteiger partial charge in [0.1, 0.15) is 0 Å². The Morgan fingerprint density at radius 3 is 1.60 bits per heavy atom. The Morgan fingerprint density at radius 2 is 1.40 bits per heavy atom. The van der Waals surface area contributed by atoms with Gasteiger partial charge in [0, 0.05) is 26.2 Å². The lowest BCUT2D eigenvalue weighted by atomic mass is 10.4. The minimum absolute atomic E-state index is 0. The molecule has 1 rings (SSSR count). The molecular weight excluding hydrogens is 194 g/mol. The highest BCUT2D eigenvalue weighted by molar-refractivity contribution is 5.86. The normalized spacial score (nSPS) is 17.7. The second kappa shape index (κ2) is 9.79. The van der Waals surface area contributed by atoms with E-state index in [0.29, 0.717) is 0 Å². The molecule has 0 radical (unpaired) electrons. The lowest BCUT2D eigenvalue weighted by molar-refractivity contribution is 0.291. The number of nitrogens with zero attached hydrogens (tertiary/aromatic N) is 1. The van der Waals surface area contributed by atoms with Gasteiger partial charge in [0.15, 0.2) is 0 Å². The van der Waals surface area contributed by atoms with Crippen LogP contribution in [0.2, 0.25) is 0 Å². The van der Waals surface area contributed by atoms with Crippen LogP contribution in [0.15, 0.2) is 0 Å². The van der Waals surface area contributed by atoms with Gasteiger partial charge >= 0.3 is 0 Å². The predicted molar refractivity (Wildman–Crippen MR) is 52.1 cm³/mol. The second-order valence-electron chi connectivity index (χ2n) is 2.05. The lowest BCUT2D eigenvalue weighted by Crippen LogP contribution is -2.40. The molecule has 0 aliphatic carbocycles. The first-order valence-corrected chi connectivity index (χ1v) is 2.79. The molecule has 0 saturated carbocycles. The van der Waals surface area contributed by atoms with Crippen molar-refractivity contribution in [1.82, 2.24) is 10.2 Å². The zero-order valence-electron chi connectivity index (χ0n) is 6.00. The summed E-state index contributed by atoms with van der Waals surface area (Å²) in [6.45, 7) is 4.74. The third-order valence-electron chi connectivity index (χ3n) is 1.34. The number of likely N-dealkylation sites (N-methyl/N-ethyl adjacent to an activating group) is 1. The van der Waals surface area contributed by atoms with Gasteiger partial charge in [-0.1, -0.05) is 0 Å². The quantitative estimate of drug-likeness (QED) is 0.635. The average Bonchev–Trinajstić information content (AvgIpc) is 1.69. The van der Waals surface area contributed by atoms with Crippen LogP contribution in [0.25, 0.3) is 0 Å². The monoisotopic (exact) mass is 208 g/mol. The SMILES string of the molecule is CN1CCNCC1.Cl.Cl.Cl. The maximum absolute atomic E-state index is 3.27. The third-order valence-corrected chi connectivity index (χ3v) is 1.34. The van der Waals surface area contributed by atoms with Gasteiger partial charge in [-0.15, -0.1) is 37.2 Å². The first-order chi connectivity index (χ1) is 3.39. The highest BCUT2D eigenvalue weighted by Gasteiger charge is 2.01. The zero-order valence-corrected chi connectivity index (χ0v) is 8.45. The molecule has 1 fully saturated rings. The van der Waals surface area contributed by atoms with Crippen LogP contribution < -0.4 is 5.32 Å². The Labute approximate surface area is 81.0 Å². The molecule has 0 amide bonds. The molecule has 0 aromatic heterocycles. The maximum atomic E-state index is 3.27. The summed E-state index contributed by atoms with van der Waals surface area (Å²) in [5.41, 5.74) is 0. The van der Waals surface area contributed by atoms with Gasteiger partial charge in [-0.2, -0.15) is 0 Å². The molecule has 66 valence electrons. The second-order valence-corrected chi connectivity index (χ2v) is 2.05. The van der Waals surface area contributed by atoms with E-state index in [-0.39, 0.29) is 37.2 Å². The summed E-state index contributed by atoms with van der Waals surface area (Å²) in [5.74, 6) is 0. The molecule has 0 aromatic rings. The van der Waals surface area contributed by atoms with E-state index in [0.717, 1.165) is 13.1 Å². The van der Waals surface area contributed by atoms with Gasteiger partial charge in [0.25, 0.3) is 0 Å². The number of nitrogens with one attached hydrogen (secondary N) is 1. The molecule has 0 spiro atoms. The van der Waals surface area contributed by atoms with Crippen molar-refractivity contribution in [3.05, 3.63) is 0 Å². The summed E-state index contributed by atoms with van der Waals surface area (Å²) in [6.07, 6.45) is 0. The number of hydrogen-bond acceptors (Lipinski definition) is 2. The summed E-state index contributed by atoms with van der Waals surface area (Å²) >= 11 is 0. The molecule has 0 atom stereocenters. The van der Waals surface area contributed by atoms with Gasteiger partial charge in [-0.25, -0.2) is 0 Å². The maximum Gasteiger partial charge on any atom is 0.0104 e. The smallest absolute Gasteiger partial charge is 0.0104 e. The fraction of sp³-hybridized carbons (Fsp3) is 1.00. The standard InChI is InChI=1S/C5H12N2.3ClH/c1-7-4-2-6-3-5-7;;;/h6H,2-5H2,1H3;3*1H. The average molecular weight is 210 g/mol. The van der Waals surface area contributed by atoms with Crippen molar-refractivity contribution in [2.75, 3.05) is 33.2 Å². The van der Waals surface area contributed by atoms with Crippen LogP contribution in [-0.4, -0.2) is 38.1 Å². The van der Waals surface area contributed by atoms with Crippen LogP contribution in [0, 0.1) is 0 Å². The predicted octanol–water partition coefficient (Wildman–Crippen LogP) is 0.787. The topological polar surface area (TPSA) is 15.3 Å². The van der Waals surface area contributed by atoms with Gasteiger partial charge in [0.2, 0.25) is 0 Å². The molecular formula is C5H15Cl3N2. The Morgan fingerprint density at radius 1 is 1.00 bits per heavy atom. The van der Waals surface area contributed by atoms with Crippen LogP contribution in [-0.2, 0) is 0 Å². The molecule has 0 aromatic carbocycles. The number of piperazine rings is 1. The molecule has 1 saturated heterocycles. The van der Waals surface area contributed by atoms with E-state index in [9.17, 15) is 0 Å². The van der Waals surface area contributed by atoms with E-state index >= 15 is 0 Å². The van der Waals surface area contributed by atoms with Crippen molar-refractivity contribution in [1.29, 1.82) is 0 Å². The summed E-state index contributed by atoms with van der Waals surface area (Å²) in [4.78, 5) is 2.33. The largest absolute Gasteiger partial charge is 0.314 e. The summed E-state index contributed by atoms with van der Waals surface area (Å²) in [5, 5.41) is 3.27.